The van der Waals surface area contributed by atoms with Gasteiger partial charge in [-0.05, 0) is 31.1 Å². The van der Waals surface area contributed by atoms with Crippen LogP contribution in [0.2, 0.25) is 0 Å². The zero-order valence-corrected chi connectivity index (χ0v) is 17.8. The van der Waals surface area contributed by atoms with Crippen LogP contribution in [0.1, 0.15) is 25.0 Å². The van der Waals surface area contributed by atoms with Gasteiger partial charge in [-0.2, -0.15) is 28.5 Å². The van der Waals surface area contributed by atoms with E-state index in [2.05, 4.69) is 25.7 Å². The molecule has 0 amide bonds. The average Bonchev–Trinajstić information content (AvgIpc) is 2.59. The van der Waals surface area contributed by atoms with E-state index in [-0.39, 0.29) is 27.4 Å². The smallest absolute Gasteiger partial charge is 0.741 e. The normalized spacial score (nSPS) is 13.8. The van der Waals surface area contributed by atoms with Gasteiger partial charge in [0.15, 0.2) is 0 Å². The number of halogens is 3. The summed E-state index contributed by atoms with van der Waals surface area (Å²) < 4.78 is 36.7. The molecule has 0 saturated carbocycles. The van der Waals surface area contributed by atoms with E-state index in [9.17, 15) is 13.2 Å². The van der Waals surface area contributed by atoms with Crippen molar-refractivity contribution in [3.05, 3.63) is 35.4 Å². The number of alkyl halides is 3. The molecule has 0 atom stereocenters. The van der Waals surface area contributed by atoms with Crippen molar-refractivity contribution in [3.8, 4) is 0 Å². The van der Waals surface area contributed by atoms with Gasteiger partial charge in [0.2, 0.25) is 0 Å². The number of aryl methyl sites for hydroxylation is 1. The van der Waals surface area contributed by atoms with Crippen LogP contribution >= 0.6 is 0 Å². The van der Waals surface area contributed by atoms with Crippen molar-refractivity contribution in [2.75, 3.05) is 13.1 Å². The molecule has 6 nitrogen and oxygen atoms in total. The van der Waals surface area contributed by atoms with E-state index in [1.54, 1.807) is 19.1 Å². The van der Waals surface area contributed by atoms with E-state index < -0.39 is 12.7 Å². The molecule has 1 rings (SSSR count). The molecule has 28 heavy (non-hydrogen) atoms. The van der Waals surface area contributed by atoms with Crippen LogP contribution in [0.4, 0.5) is 13.2 Å². The minimum Gasteiger partial charge on any atom is -0.741 e. The van der Waals surface area contributed by atoms with E-state index in [1.807, 2.05) is 31.3 Å². The molecule has 0 fully saturated rings. The zero-order valence-electron chi connectivity index (χ0n) is 15.3. The number of nitrogens with zero attached hydrogens (tertiary/aromatic N) is 4. The summed E-state index contributed by atoms with van der Waals surface area (Å²) in [5, 5.41) is 20.1. The van der Waals surface area contributed by atoms with E-state index in [4.69, 9.17) is 25.3 Å². The third-order valence-corrected chi connectivity index (χ3v) is 3.42. The molecule has 12 heteroatoms. The summed E-state index contributed by atoms with van der Waals surface area (Å²) in [6.45, 7) is 4.74. The quantitative estimate of drug-likeness (QED) is 0.216. The van der Waals surface area contributed by atoms with Crippen molar-refractivity contribution >= 4 is 47.0 Å². The summed E-state index contributed by atoms with van der Waals surface area (Å²) in [6.07, 6.45) is -4.40. The fourth-order valence-corrected chi connectivity index (χ4v) is 2.01. The molecule has 0 aliphatic rings. The molecule has 2 N–H and O–H groups in total. The first-order chi connectivity index (χ1) is 12.6. The average molecular weight is 480 g/mol. The molecule has 1 aromatic rings. The van der Waals surface area contributed by atoms with E-state index >= 15 is 0 Å². The fraction of sp³-hybridized carbons (Fsp3) is 0.375. The third kappa shape index (κ3) is 10.5. The predicted molar refractivity (Wildman–Crippen MR) is 108 cm³/mol. The topological polar surface area (TPSA) is 73.5 Å². The molecule has 0 unspecified atom stereocenters. The Kier molecular flexibility index (Phi) is 11.9. The molecule has 157 valence electrons. The minimum absolute atomic E-state index is 0. The second-order valence-corrected chi connectivity index (χ2v) is 6.08. The van der Waals surface area contributed by atoms with Crippen molar-refractivity contribution in [3.63, 3.8) is 0 Å². The van der Waals surface area contributed by atoms with Gasteiger partial charge in [0.25, 0.3) is 0 Å². The van der Waals surface area contributed by atoms with Gasteiger partial charge in [0.05, 0.1) is 5.71 Å². The predicted octanol–water partition coefficient (Wildman–Crippen LogP) is 2.64. The Hall–Kier alpha value is -1.75. The number of hydrogen-bond donors (Lipinski definition) is 2. The second-order valence-electron chi connectivity index (χ2n) is 5.31. The monoisotopic (exact) mass is 479 g/mol. The molecule has 0 aromatic heterocycles. The molecule has 0 bridgehead atoms. The van der Waals surface area contributed by atoms with E-state index in [1.165, 1.54) is 0 Å². The van der Waals surface area contributed by atoms with Crippen LogP contribution in [0.3, 0.4) is 0 Å². The molecule has 0 aliphatic carbocycles. The van der Waals surface area contributed by atoms with Gasteiger partial charge >= 0.3 is 23.2 Å². The largest absolute Gasteiger partial charge is 2.00 e. The standard InChI is InChI=1S/C16H21F3N6S2.Cu/c1-4-20-14(26)24-22-11(3)13(12-7-5-10(2)6-8-12)23-25-15(27)21-9-16(17,18)19;/h5-8H,4,9H2,1-3H3,(H2,20,24,26)(H2,21,25,27);/q;+2/p-2. The number of rotatable bonds is 6. The van der Waals surface area contributed by atoms with Crippen LogP contribution in [0.5, 0.6) is 0 Å². The van der Waals surface area contributed by atoms with Gasteiger partial charge in [0, 0.05) is 12.1 Å². The van der Waals surface area contributed by atoms with Gasteiger partial charge in [0.1, 0.15) is 12.3 Å². The first-order valence-corrected chi connectivity index (χ1v) is 8.68. The number of amidine groups is 2. The van der Waals surface area contributed by atoms with Gasteiger partial charge in [-0.3, -0.25) is 0 Å². The Bertz CT molecular complexity index is 746. The van der Waals surface area contributed by atoms with Crippen molar-refractivity contribution in [2.24, 2.45) is 20.4 Å². The molecule has 1 radical (unpaired) electrons. The SMILES string of the molecule is CCNC([S-])=NN=C(C)C(=NN=C([S-])NCC(F)(F)F)c1ccc(C)cc1.[Cu+2]. The number of hydrogen-bond acceptors (Lipinski definition) is 6. The molecule has 1 aromatic carbocycles. The maximum Gasteiger partial charge on any atom is 2.00 e. The van der Waals surface area contributed by atoms with Crippen LogP contribution in [0.25, 0.3) is 0 Å². The first-order valence-electron chi connectivity index (χ1n) is 7.86. The summed E-state index contributed by atoms with van der Waals surface area (Å²) in [5.74, 6) is 0. The minimum atomic E-state index is -4.40. The Labute approximate surface area is 183 Å². The summed E-state index contributed by atoms with van der Waals surface area (Å²) in [5.41, 5.74) is 2.38. The van der Waals surface area contributed by atoms with E-state index in [0.29, 0.717) is 23.5 Å². The van der Waals surface area contributed by atoms with Gasteiger partial charge in [-0.15, -0.1) is 5.10 Å². The Morgan fingerprint density at radius 1 is 0.964 bits per heavy atom. The zero-order chi connectivity index (χ0) is 20.4. The van der Waals surface area contributed by atoms with Crippen molar-refractivity contribution in [1.29, 1.82) is 0 Å². The summed E-state index contributed by atoms with van der Waals surface area (Å²) in [7, 11) is 0. The van der Waals surface area contributed by atoms with Gasteiger partial charge < -0.3 is 35.9 Å². The molecular formula is C16H19CuF3N6S2. The van der Waals surface area contributed by atoms with Crippen molar-refractivity contribution < 1.29 is 30.2 Å². The maximum absolute atomic E-state index is 12.2. The Morgan fingerprint density at radius 3 is 2.04 bits per heavy atom. The Balaban J connectivity index is 0.00000729. The van der Waals surface area contributed by atoms with Crippen LogP contribution < -0.4 is 10.6 Å². The number of benzene rings is 1. The molecular weight excluding hydrogens is 461 g/mol. The molecule has 0 saturated heterocycles. The van der Waals surface area contributed by atoms with Gasteiger partial charge in [-0.1, -0.05) is 29.8 Å². The van der Waals surface area contributed by atoms with Crippen LogP contribution in [0, 0.1) is 6.92 Å². The van der Waals surface area contributed by atoms with Crippen molar-refractivity contribution in [1.82, 2.24) is 10.6 Å². The molecule has 0 heterocycles. The van der Waals surface area contributed by atoms with Crippen LogP contribution in [-0.4, -0.2) is 41.0 Å². The summed E-state index contributed by atoms with van der Waals surface area (Å²) >= 11 is 9.74. The van der Waals surface area contributed by atoms with Crippen molar-refractivity contribution in [2.45, 2.75) is 26.9 Å². The maximum atomic E-state index is 12.2. The molecule has 0 aliphatic heterocycles. The summed E-state index contributed by atoms with van der Waals surface area (Å²) in [6, 6.07) is 7.30. The summed E-state index contributed by atoms with van der Waals surface area (Å²) in [4.78, 5) is 0. The van der Waals surface area contributed by atoms with Crippen LogP contribution in [-0.2, 0) is 42.3 Å². The fourth-order valence-electron chi connectivity index (χ4n) is 1.71. The molecule has 0 spiro atoms. The van der Waals surface area contributed by atoms with E-state index in [0.717, 1.165) is 5.56 Å². The third-order valence-electron chi connectivity index (χ3n) is 2.97. The second kappa shape index (κ2) is 12.7. The van der Waals surface area contributed by atoms with Gasteiger partial charge in [-0.25, -0.2) is 0 Å². The van der Waals surface area contributed by atoms with Crippen LogP contribution in [0.15, 0.2) is 44.7 Å². The Morgan fingerprint density at radius 2 is 1.50 bits per heavy atom. The first kappa shape index (κ1) is 26.2. The number of nitrogens with one attached hydrogen (secondary N) is 2.